The van der Waals surface area contributed by atoms with Gasteiger partial charge in [-0.3, -0.25) is 8.97 Å². The first-order chi connectivity index (χ1) is 30.2. The summed E-state index contributed by atoms with van der Waals surface area (Å²) < 4.78 is 12.0. The van der Waals surface area contributed by atoms with Crippen LogP contribution in [0.3, 0.4) is 0 Å². The van der Waals surface area contributed by atoms with Crippen LogP contribution in [0, 0.1) is 0 Å². The molecule has 11 heteroatoms. The van der Waals surface area contributed by atoms with Crippen LogP contribution in [0.1, 0.15) is 21.1 Å². The van der Waals surface area contributed by atoms with Gasteiger partial charge < -0.3 is 4.74 Å². The average molecular weight is 842 g/mol. The molecule has 11 aromatic rings. The molecular formula is C50H35N7OS2Si. The van der Waals surface area contributed by atoms with Gasteiger partial charge in [-0.2, -0.15) is 0 Å². The Morgan fingerprint density at radius 3 is 1.84 bits per heavy atom. The molecule has 0 saturated carbocycles. The SMILES string of the molecule is c1ccc([Si](c2ccccc2)(c2cccc(-n3c4ccccc4n4c5ccccc5nc34)c2)c2cccc3c2Oc2ccccc2C3(Cc2nncs2)Cc2nncs2)cc1. The number of para-hydroxylation sites is 6. The lowest BCUT2D eigenvalue weighted by Crippen LogP contribution is -2.75. The number of hydrogen-bond acceptors (Lipinski definition) is 8. The van der Waals surface area contributed by atoms with Gasteiger partial charge in [-0.05, 0) is 63.2 Å². The van der Waals surface area contributed by atoms with E-state index in [-0.39, 0.29) is 0 Å². The summed E-state index contributed by atoms with van der Waals surface area (Å²) in [6, 6.07) is 63.6. The molecule has 0 fully saturated rings. The fraction of sp³-hybridized carbons (Fsp3) is 0.0600. The van der Waals surface area contributed by atoms with Gasteiger partial charge in [-0.25, -0.2) is 4.98 Å². The number of aromatic nitrogens is 7. The minimum atomic E-state index is -3.25. The molecule has 0 atom stereocenters. The van der Waals surface area contributed by atoms with Crippen molar-refractivity contribution in [1.29, 1.82) is 0 Å². The van der Waals surface area contributed by atoms with Crippen molar-refractivity contribution in [3.63, 3.8) is 0 Å². The summed E-state index contributed by atoms with van der Waals surface area (Å²) in [6.07, 6.45) is 1.26. The number of rotatable bonds is 9. The van der Waals surface area contributed by atoms with E-state index >= 15 is 0 Å². The van der Waals surface area contributed by atoms with Gasteiger partial charge in [0.05, 0.1) is 22.1 Å². The molecule has 0 aliphatic carbocycles. The molecular weight excluding hydrogens is 807 g/mol. The molecule has 0 amide bonds. The molecule has 4 aromatic heterocycles. The maximum absolute atomic E-state index is 7.38. The highest BCUT2D eigenvalue weighted by atomic mass is 32.1. The van der Waals surface area contributed by atoms with Crippen molar-refractivity contribution in [1.82, 2.24) is 34.3 Å². The number of fused-ring (bicyclic) bond motifs is 7. The number of hydrogen-bond donors (Lipinski definition) is 0. The van der Waals surface area contributed by atoms with E-state index in [1.165, 1.54) is 20.7 Å². The third-order valence-corrected chi connectivity index (χ3v) is 18.5. The van der Waals surface area contributed by atoms with Crippen LogP contribution in [0.4, 0.5) is 0 Å². The van der Waals surface area contributed by atoms with Crippen LogP contribution in [-0.4, -0.2) is 42.4 Å². The summed E-state index contributed by atoms with van der Waals surface area (Å²) in [5.74, 6) is 2.59. The molecule has 1 aliphatic heterocycles. The van der Waals surface area contributed by atoms with E-state index in [2.05, 4.69) is 205 Å². The van der Waals surface area contributed by atoms with Crippen molar-refractivity contribution < 1.29 is 4.74 Å². The number of nitrogens with zero attached hydrogens (tertiary/aromatic N) is 7. The van der Waals surface area contributed by atoms with Crippen LogP contribution in [0.2, 0.25) is 0 Å². The van der Waals surface area contributed by atoms with Crippen LogP contribution in [0.15, 0.2) is 187 Å². The average Bonchev–Trinajstić information content (AvgIpc) is 4.15. The zero-order valence-corrected chi connectivity index (χ0v) is 35.3. The minimum absolute atomic E-state index is 0.576. The lowest BCUT2D eigenvalue weighted by Gasteiger charge is -2.43. The first-order valence-electron chi connectivity index (χ1n) is 20.2. The van der Waals surface area contributed by atoms with Crippen molar-refractivity contribution in [3.8, 4) is 17.2 Å². The highest BCUT2D eigenvalue weighted by Crippen LogP contribution is 2.51. The second-order valence-corrected chi connectivity index (χ2v) is 21.1. The molecule has 5 heterocycles. The molecule has 0 unspecified atom stereocenters. The van der Waals surface area contributed by atoms with Crippen LogP contribution >= 0.6 is 22.7 Å². The predicted octanol–water partition coefficient (Wildman–Crippen LogP) is 8.39. The molecule has 0 radical (unpaired) electrons. The molecule has 8 nitrogen and oxygen atoms in total. The monoisotopic (exact) mass is 841 g/mol. The Morgan fingerprint density at radius 1 is 0.541 bits per heavy atom. The lowest BCUT2D eigenvalue weighted by atomic mass is 9.68. The first-order valence-corrected chi connectivity index (χ1v) is 24.0. The van der Waals surface area contributed by atoms with Crippen LogP contribution in [-0.2, 0) is 18.3 Å². The van der Waals surface area contributed by atoms with E-state index in [0.717, 1.165) is 66.2 Å². The third-order valence-electron chi connectivity index (χ3n) is 12.3. The van der Waals surface area contributed by atoms with E-state index < -0.39 is 13.5 Å². The molecule has 12 rings (SSSR count). The van der Waals surface area contributed by atoms with Gasteiger partial charge in [-0.1, -0.05) is 133 Å². The maximum Gasteiger partial charge on any atom is 0.220 e. The molecule has 0 saturated heterocycles. The molecule has 0 bridgehead atoms. The molecule has 0 spiro atoms. The van der Waals surface area contributed by atoms with E-state index in [9.17, 15) is 0 Å². The summed E-state index contributed by atoms with van der Waals surface area (Å²) in [7, 11) is -3.25. The van der Waals surface area contributed by atoms with Gasteiger partial charge in [0, 0.05) is 35.1 Å². The minimum Gasteiger partial charge on any atom is -0.457 e. The largest absolute Gasteiger partial charge is 0.457 e. The Kier molecular flexibility index (Phi) is 8.41. The Balaban J connectivity index is 1.17. The Morgan fingerprint density at radius 2 is 1.13 bits per heavy atom. The van der Waals surface area contributed by atoms with Crippen molar-refractivity contribution in [2.24, 2.45) is 0 Å². The van der Waals surface area contributed by atoms with Crippen LogP contribution in [0.5, 0.6) is 11.5 Å². The zero-order valence-electron chi connectivity index (χ0n) is 32.7. The topological polar surface area (TPSA) is 83.0 Å². The molecule has 61 heavy (non-hydrogen) atoms. The van der Waals surface area contributed by atoms with E-state index in [0.29, 0.717) is 12.8 Å². The third kappa shape index (κ3) is 5.51. The molecule has 7 aromatic carbocycles. The number of imidazole rings is 2. The summed E-state index contributed by atoms with van der Waals surface area (Å²) in [5, 5.41) is 24.7. The maximum atomic E-state index is 7.38. The van der Waals surface area contributed by atoms with Crippen molar-refractivity contribution >= 4 is 79.3 Å². The summed E-state index contributed by atoms with van der Waals surface area (Å²) in [5.41, 5.74) is 10.6. The standard InChI is InChI=1S/C50H35N7OS2Si/c1-3-16-35(17-4-1)61(36-18-5-2-6-19-36,37-20-13-15-34(29-37)56-42-25-10-11-26-43(42)57-41-24-9-8-23-40(41)53-49(56)57)45-28-14-22-39-48(45)58-44-27-12-7-21-38(44)50(39,30-46-54-51-32-59-46)31-47-55-52-33-60-47/h1-29,32-33H,30-31H2. The molecule has 292 valence electrons. The highest BCUT2D eigenvalue weighted by Gasteiger charge is 2.50. The van der Waals surface area contributed by atoms with Crippen molar-refractivity contribution in [3.05, 3.63) is 208 Å². The van der Waals surface area contributed by atoms with E-state index in [1.807, 2.05) is 11.0 Å². The smallest absolute Gasteiger partial charge is 0.220 e. The van der Waals surface area contributed by atoms with Gasteiger partial charge in [0.25, 0.3) is 0 Å². The number of benzene rings is 7. The van der Waals surface area contributed by atoms with E-state index in [1.54, 1.807) is 22.7 Å². The number of ether oxygens (including phenoxy) is 1. The fourth-order valence-electron chi connectivity index (χ4n) is 9.86. The van der Waals surface area contributed by atoms with Gasteiger partial charge in [-0.15, -0.1) is 43.1 Å². The van der Waals surface area contributed by atoms with Crippen LogP contribution in [0.25, 0.3) is 33.5 Å². The normalized spacial score (nSPS) is 13.3. The molecule has 0 N–H and O–H groups in total. The van der Waals surface area contributed by atoms with Gasteiger partial charge in [0.15, 0.2) is 8.07 Å². The summed E-state index contributed by atoms with van der Waals surface area (Å²) >= 11 is 3.17. The summed E-state index contributed by atoms with van der Waals surface area (Å²) in [6.45, 7) is 0. The second kappa shape index (κ2) is 14.3. The zero-order chi connectivity index (χ0) is 40.4. The van der Waals surface area contributed by atoms with Crippen LogP contribution < -0.4 is 25.5 Å². The first kappa shape index (κ1) is 35.9. The fourth-order valence-corrected chi connectivity index (χ4v) is 16.0. The predicted molar refractivity (Wildman–Crippen MR) is 248 cm³/mol. The Bertz CT molecular complexity index is 3290. The van der Waals surface area contributed by atoms with Crippen molar-refractivity contribution in [2.45, 2.75) is 18.3 Å². The lowest BCUT2D eigenvalue weighted by molar-refractivity contribution is 0.386. The Hall–Kier alpha value is -7.05. The van der Waals surface area contributed by atoms with Gasteiger partial charge >= 0.3 is 0 Å². The quantitative estimate of drug-likeness (QED) is 0.107. The van der Waals surface area contributed by atoms with Crippen molar-refractivity contribution in [2.75, 3.05) is 0 Å². The highest BCUT2D eigenvalue weighted by molar-refractivity contribution is 7.20. The van der Waals surface area contributed by atoms with E-state index in [4.69, 9.17) is 9.72 Å². The van der Waals surface area contributed by atoms with Gasteiger partial charge in [0.1, 0.15) is 32.5 Å². The summed E-state index contributed by atoms with van der Waals surface area (Å²) in [4.78, 5) is 5.25. The molecule has 1 aliphatic rings. The Labute approximate surface area is 360 Å². The van der Waals surface area contributed by atoms with Gasteiger partial charge in [0.2, 0.25) is 5.78 Å². The second-order valence-electron chi connectivity index (χ2n) is 15.5.